The zero-order valence-corrected chi connectivity index (χ0v) is 27.8. The van der Waals surface area contributed by atoms with Crippen LogP contribution >= 0.6 is 0 Å². The summed E-state index contributed by atoms with van der Waals surface area (Å²) in [5.74, 6) is -1.53. The van der Waals surface area contributed by atoms with Crippen molar-refractivity contribution in [3.63, 3.8) is 0 Å². The number of carbonyl (C=O) groups excluding carboxylic acids is 4. The molecule has 6 atom stereocenters. The van der Waals surface area contributed by atoms with Crippen LogP contribution in [0.4, 0.5) is 0 Å². The quantitative estimate of drug-likeness (QED) is 0.242. The molecule has 0 aliphatic carbocycles. The van der Waals surface area contributed by atoms with E-state index in [2.05, 4.69) is 22.9 Å². The van der Waals surface area contributed by atoms with Gasteiger partial charge in [-0.1, -0.05) is 64.7 Å². The second-order valence-electron chi connectivity index (χ2n) is 13.3. The lowest BCUT2D eigenvalue weighted by Crippen LogP contribution is -2.64. The van der Waals surface area contributed by atoms with Gasteiger partial charge in [-0.25, -0.2) is 0 Å². The number of aromatic nitrogens is 1. The van der Waals surface area contributed by atoms with Crippen LogP contribution < -0.4 is 20.8 Å². The Hall–Kier alpha value is -3.60. The number of hydrogen-bond acceptors (Lipinski definition) is 6. The summed E-state index contributed by atoms with van der Waals surface area (Å²) in [6.07, 6.45) is 9.82. The number of unbranched alkanes of at least 4 members (excludes halogenated alkanes) is 2. The standard InChI is InChI=1S/C35H51N5O6/c1-5-23(3)30-34(44)39-19-13-11-17-29(39)33(43)36-26(15-8-7-12-18-35(6-2)22-46-35)31(41)37-27(32(42)38-30)20-24-21-40(45-4)28-16-10-9-14-25(24)28/h9-10,14,16,21,23,26-27,29-30H,5-8,11-13,15,17-20,22H2,1-4H3,(H,36,43)(H,37,41)(H,38,42)/t23?,26-,27-,29+,30-,35?/m0/s1. The third-order valence-electron chi connectivity index (χ3n) is 10.3. The molecule has 3 aliphatic rings. The molecule has 1 aromatic carbocycles. The lowest BCUT2D eigenvalue weighted by molar-refractivity contribution is -0.147. The first kappa shape index (κ1) is 33.8. The topological polar surface area (TPSA) is 134 Å². The van der Waals surface area contributed by atoms with Crippen LogP contribution in [-0.4, -0.2) is 83.3 Å². The van der Waals surface area contributed by atoms with Crippen molar-refractivity contribution in [2.45, 2.75) is 121 Å². The van der Waals surface area contributed by atoms with E-state index in [1.54, 1.807) is 16.7 Å². The highest BCUT2D eigenvalue weighted by molar-refractivity contribution is 5.98. The van der Waals surface area contributed by atoms with Crippen LogP contribution in [0.1, 0.15) is 90.5 Å². The van der Waals surface area contributed by atoms with E-state index in [4.69, 9.17) is 9.57 Å². The van der Waals surface area contributed by atoms with Crippen molar-refractivity contribution in [1.29, 1.82) is 0 Å². The summed E-state index contributed by atoms with van der Waals surface area (Å²) in [4.78, 5) is 63.1. The van der Waals surface area contributed by atoms with Gasteiger partial charge in [0, 0.05) is 24.5 Å². The molecule has 3 fully saturated rings. The summed E-state index contributed by atoms with van der Waals surface area (Å²) in [5.41, 5.74) is 1.69. The van der Waals surface area contributed by atoms with E-state index >= 15 is 0 Å². The van der Waals surface area contributed by atoms with Gasteiger partial charge in [-0.3, -0.25) is 19.2 Å². The van der Waals surface area contributed by atoms with Crippen LogP contribution in [0.5, 0.6) is 0 Å². The van der Waals surface area contributed by atoms with Gasteiger partial charge in [-0.2, -0.15) is 4.73 Å². The highest BCUT2D eigenvalue weighted by Crippen LogP contribution is 2.36. The molecule has 0 spiro atoms. The average molecular weight is 638 g/mol. The molecule has 46 heavy (non-hydrogen) atoms. The van der Waals surface area contributed by atoms with Crippen molar-refractivity contribution in [1.82, 2.24) is 25.6 Å². The van der Waals surface area contributed by atoms with Gasteiger partial charge in [0.15, 0.2) is 0 Å². The minimum atomic E-state index is -0.977. The second-order valence-corrected chi connectivity index (χ2v) is 13.3. The Balaban J connectivity index is 1.42. The van der Waals surface area contributed by atoms with Gasteiger partial charge < -0.3 is 30.4 Å². The number of piperidine rings is 1. The number of benzene rings is 1. The Morgan fingerprint density at radius 3 is 2.43 bits per heavy atom. The smallest absolute Gasteiger partial charge is 0.246 e. The fourth-order valence-electron chi connectivity index (χ4n) is 6.95. The van der Waals surface area contributed by atoms with Gasteiger partial charge in [0.05, 0.1) is 17.7 Å². The molecule has 3 N–H and O–H groups in total. The third-order valence-corrected chi connectivity index (χ3v) is 10.3. The number of carbonyl (C=O) groups is 4. The molecular weight excluding hydrogens is 586 g/mol. The Labute approximate surface area is 272 Å². The summed E-state index contributed by atoms with van der Waals surface area (Å²) < 4.78 is 7.28. The molecule has 0 radical (unpaired) electrons. The van der Waals surface area contributed by atoms with E-state index in [1.165, 1.54) is 0 Å². The Kier molecular flexibility index (Phi) is 10.9. The number of rotatable bonds is 12. The fourth-order valence-corrected chi connectivity index (χ4v) is 6.95. The summed E-state index contributed by atoms with van der Waals surface area (Å²) in [7, 11) is 1.57. The second kappa shape index (κ2) is 14.9. The third kappa shape index (κ3) is 7.51. The monoisotopic (exact) mass is 637 g/mol. The number of nitrogens with zero attached hydrogens (tertiary/aromatic N) is 2. The number of epoxide rings is 1. The first-order chi connectivity index (χ1) is 22.2. The van der Waals surface area contributed by atoms with E-state index < -0.39 is 36.0 Å². The number of ether oxygens (including phenoxy) is 1. The van der Waals surface area contributed by atoms with Crippen LogP contribution in [0.15, 0.2) is 30.5 Å². The highest BCUT2D eigenvalue weighted by Gasteiger charge is 2.42. The van der Waals surface area contributed by atoms with E-state index in [0.29, 0.717) is 25.8 Å². The fraction of sp³-hybridized carbons (Fsp3) is 0.657. The maximum atomic E-state index is 14.1. The van der Waals surface area contributed by atoms with E-state index in [-0.39, 0.29) is 29.8 Å². The molecule has 4 amide bonds. The molecule has 3 saturated heterocycles. The molecule has 0 saturated carbocycles. The molecular formula is C35H51N5O6. The first-order valence-electron chi connectivity index (χ1n) is 17.2. The number of amides is 4. The van der Waals surface area contributed by atoms with Crippen LogP contribution in [0, 0.1) is 5.92 Å². The summed E-state index contributed by atoms with van der Waals surface area (Å²) in [5, 5.41) is 9.91. The predicted molar refractivity (Wildman–Crippen MR) is 175 cm³/mol. The molecule has 3 aliphatic heterocycles. The summed E-state index contributed by atoms with van der Waals surface area (Å²) >= 11 is 0. The maximum Gasteiger partial charge on any atom is 0.246 e. The Morgan fingerprint density at radius 2 is 1.72 bits per heavy atom. The van der Waals surface area contributed by atoms with Crippen molar-refractivity contribution < 1.29 is 28.8 Å². The lowest BCUT2D eigenvalue weighted by atomic mass is 9.93. The average Bonchev–Trinajstić information content (AvgIpc) is 3.78. The first-order valence-corrected chi connectivity index (χ1v) is 17.2. The number of para-hydroxylation sites is 1. The van der Waals surface area contributed by atoms with Gasteiger partial charge in [-0.15, -0.1) is 0 Å². The Bertz CT molecular complexity index is 1400. The molecule has 2 aromatic rings. The Morgan fingerprint density at radius 1 is 0.978 bits per heavy atom. The molecule has 2 unspecified atom stereocenters. The zero-order chi connectivity index (χ0) is 32.8. The SMILES string of the molecule is CCC(C)[C@@H]1NC(=O)[C@H](Cc2cn(OC)c3ccccc23)NC(=O)[C@H](CCCCCC2(CC)CO2)NC(=O)[C@H]2CCCCN2C1=O. The van der Waals surface area contributed by atoms with Crippen LogP contribution in [0.25, 0.3) is 10.9 Å². The van der Waals surface area contributed by atoms with E-state index in [1.807, 2.05) is 44.3 Å². The van der Waals surface area contributed by atoms with Crippen LogP contribution in [0.3, 0.4) is 0 Å². The lowest BCUT2D eigenvalue weighted by Gasteiger charge is -2.39. The van der Waals surface area contributed by atoms with Gasteiger partial charge >= 0.3 is 0 Å². The van der Waals surface area contributed by atoms with Crippen molar-refractivity contribution in [3.8, 4) is 0 Å². The number of hydrogen-bond donors (Lipinski definition) is 3. The minimum absolute atomic E-state index is 0.0232. The molecule has 11 heteroatoms. The van der Waals surface area contributed by atoms with Crippen molar-refractivity contribution in [2.24, 2.45) is 5.92 Å². The summed E-state index contributed by atoms with van der Waals surface area (Å²) in [6, 6.07) is 4.42. The summed E-state index contributed by atoms with van der Waals surface area (Å²) in [6.45, 7) is 7.30. The highest BCUT2D eigenvalue weighted by atomic mass is 16.6. The van der Waals surface area contributed by atoms with Crippen molar-refractivity contribution >= 4 is 34.5 Å². The van der Waals surface area contributed by atoms with Crippen molar-refractivity contribution in [2.75, 3.05) is 20.3 Å². The van der Waals surface area contributed by atoms with Gasteiger partial charge in [0.2, 0.25) is 23.6 Å². The van der Waals surface area contributed by atoms with Crippen LogP contribution in [-0.2, 0) is 30.3 Å². The van der Waals surface area contributed by atoms with E-state index in [0.717, 1.165) is 68.0 Å². The minimum Gasteiger partial charge on any atom is -0.417 e. The molecule has 4 heterocycles. The normalized spacial score (nSPS) is 28.0. The molecule has 1 aromatic heterocycles. The van der Waals surface area contributed by atoms with E-state index in [9.17, 15) is 19.2 Å². The van der Waals surface area contributed by atoms with Gasteiger partial charge in [-0.05, 0) is 56.1 Å². The van der Waals surface area contributed by atoms with Crippen molar-refractivity contribution in [3.05, 3.63) is 36.0 Å². The largest absolute Gasteiger partial charge is 0.417 e. The number of fused-ring (bicyclic) bond motifs is 2. The van der Waals surface area contributed by atoms with Gasteiger partial charge in [0.1, 0.15) is 31.3 Å². The molecule has 11 nitrogen and oxygen atoms in total. The van der Waals surface area contributed by atoms with Gasteiger partial charge in [0.25, 0.3) is 0 Å². The maximum absolute atomic E-state index is 14.1. The number of nitrogens with one attached hydrogen (secondary N) is 3. The molecule has 252 valence electrons. The van der Waals surface area contributed by atoms with Crippen LogP contribution in [0.2, 0.25) is 0 Å². The zero-order valence-electron chi connectivity index (χ0n) is 27.8. The predicted octanol–water partition coefficient (Wildman–Crippen LogP) is 3.27. The molecule has 5 rings (SSSR count). The molecule has 0 bridgehead atoms.